The van der Waals surface area contributed by atoms with Gasteiger partial charge in [0, 0.05) is 0 Å². The van der Waals surface area contributed by atoms with Crippen LogP contribution >= 0.6 is 0 Å². The lowest BCUT2D eigenvalue weighted by atomic mass is 9.99. The second-order valence-electron chi connectivity index (χ2n) is 4.03. The Bertz CT molecular complexity index is 427. The summed E-state index contributed by atoms with van der Waals surface area (Å²) in [5.41, 5.74) is 2.27. The molecular weight excluding hydrogens is 211 g/mol. The fourth-order valence-electron chi connectivity index (χ4n) is 2.09. The van der Waals surface area contributed by atoms with Gasteiger partial charge in [-0.25, -0.2) is 0 Å². The minimum Gasteiger partial charge on any atom is -0.403 e. The normalized spacial score (nSPS) is 23.3. The van der Waals surface area contributed by atoms with Crippen LogP contribution in [0.2, 0.25) is 0 Å². The van der Waals surface area contributed by atoms with Crippen LogP contribution in [0, 0.1) is 0 Å². The number of benzene rings is 2. The zero-order valence-corrected chi connectivity index (χ0v) is 9.32. The van der Waals surface area contributed by atoms with Gasteiger partial charge < -0.3 is 9.31 Å². The van der Waals surface area contributed by atoms with Gasteiger partial charge in [0.15, 0.2) is 0 Å². The maximum atomic E-state index is 5.56. The van der Waals surface area contributed by atoms with E-state index in [9.17, 15) is 0 Å². The average Bonchev–Trinajstić information content (AvgIpc) is 2.90. The molecule has 0 aromatic heterocycles. The van der Waals surface area contributed by atoms with Crippen LogP contribution in [0.3, 0.4) is 0 Å². The van der Waals surface area contributed by atoms with Gasteiger partial charge >= 0.3 is 7.69 Å². The van der Waals surface area contributed by atoms with E-state index in [1.54, 1.807) is 0 Å². The molecule has 83 valence electrons. The summed E-state index contributed by atoms with van der Waals surface area (Å²) in [6.07, 6.45) is -0.114. The minimum absolute atomic E-state index is 0.0569. The summed E-state index contributed by atoms with van der Waals surface area (Å²) in [6.45, 7) is 0. The van der Waals surface area contributed by atoms with Crippen molar-refractivity contribution in [3.63, 3.8) is 0 Å². The van der Waals surface area contributed by atoms with Crippen molar-refractivity contribution in [3.8, 4) is 0 Å². The predicted octanol–water partition coefficient (Wildman–Crippen LogP) is 3.05. The first-order chi connectivity index (χ1) is 8.45. The smallest absolute Gasteiger partial charge is 0.403 e. The maximum Gasteiger partial charge on any atom is 0.489 e. The van der Waals surface area contributed by atoms with E-state index in [2.05, 4.69) is 24.3 Å². The molecule has 0 bridgehead atoms. The molecule has 2 aromatic rings. The Morgan fingerprint density at radius 2 is 1.06 bits per heavy atom. The summed E-state index contributed by atoms with van der Waals surface area (Å²) in [5, 5.41) is 0. The van der Waals surface area contributed by atoms with Gasteiger partial charge in [0.2, 0.25) is 0 Å². The van der Waals surface area contributed by atoms with Crippen LogP contribution < -0.4 is 0 Å². The molecule has 3 heteroatoms. The van der Waals surface area contributed by atoms with Crippen LogP contribution in [0.5, 0.6) is 0 Å². The van der Waals surface area contributed by atoms with Crippen molar-refractivity contribution in [2.45, 2.75) is 12.2 Å². The zero-order valence-electron chi connectivity index (χ0n) is 9.32. The molecule has 1 saturated heterocycles. The second kappa shape index (κ2) is 4.74. The molecular formula is C14H12BO2. The molecule has 3 rings (SSSR count). The number of hydrogen-bond acceptors (Lipinski definition) is 2. The Morgan fingerprint density at radius 1 is 0.647 bits per heavy atom. The van der Waals surface area contributed by atoms with Crippen LogP contribution in [-0.2, 0) is 9.31 Å². The van der Waals surface area contributed by atoms with Crippen molar-refractivity contribution in [3.05, 3.63) is 71.8 Å². The Hall–Kier alpha value is -1.58. The lowest BCUT2D eigenvalue weighted by Gasteiger charge is -2.19. The van der Waals surface area contributed by atoms with E-state index in [-0.39, 0.29) is 12.2 Å². The largest absolute Gasteiger partial charge is 0.489 e. The Kier molecular flexibility index (Phi) is 2.95. The van der Waals surface area contributed by atoms with Gasteiger partial charge in [-0.05, 0) is 11.1 Å². The molecule has 1 fully saturated rings. The Balaban J connectivity index is 1.91. The molecule has 2 aromatic carbocycles. The zero-order chi connectivity index (χ0) is 11.5. The van der Waals surface area contributed by atoms with Crippen LogP contribution in [0.25, 0.3) is 0 Å². The molecule has 2 atom stereocenters. The topological polar surface area (TPSA) is 18.5 Å². The van der Waals surface area contributed by atoms with Crippen LogP contribution in [0.15, 0.2) is 60.7 Å². The molecule has 1 aliphatic heterocycles. The van der Waals surface area contributed by atoms with E-state index in [1.807, 2.05) is 36.4 Å². The quantitative estimate of drug-likeness (QED) is 0.728. The fourth-order valence-corrected chi connectivity index (χ4v) is 2.09. The molecule has 17 heavy (non-hydrogen) atoms. The van der Waals surface area contributed by atoms with Gasteiger partial charge in [0.25, 0.3) is 0 Å². The molecule has 0 N–H and O–H groups in total. The standard InChI is InChI=1S/C14H12BO2/c1-3-7-11(8-4-1)13-14(17-15-16-13)12-9-5-2-6-10-12/h1-10,13-14H. The van der Waals surface area contributed by atoms with E-state index in [4.69, 9.17) is 9.31 Å². The van der Waals surface area contributed by atoms with Crippen molar-refractivity contribution in [1.82, 2.24) is 0 Å². The highest BCUT2D eigenvalue weighted by atomic mass is 16.6. The molecule has 2 unspecified atom stereocenters. The highest BCUT2D eigenvalue weighted by molar-refractivity contribution is 6.19. The third-order valence-corrected chi connectivity index (χ3v) is 2.94. The van der Waals surface area contributed by atoms with Crippen molar-refractivity contribution >= 4 is 7.69 Å². The molecule has 0 aliphatic carbocycles. The van der Waals surface area contributed by atoms with Crippen LogP contribution in [-0.4, -0.2) is 7.69 Å². The molecule has 0 spiro atoms. The lowest BCUT2D eigenvalue weighted by molar-refractivity contribution is 0.159. The van der Waals surface area contributed by atoms with Gasteiger partial charge in [0.1, 0.15) is 0 Å². The monoisotopic (exact) mass is 223 g/mol. The second-order valence-corrected chi connectivity index (χ2v) is 4.03. The highest BCUT2D eigenvalue weighted by Crippen LogP contribution is 2.38. The Labute approximate surface area is 101 Å². The van der Waals surface area contributed by atoms with Crippen molar-refractivity contribution < 1.29 is 9.31 Å². The van der Waals surface area contributed by atoms with E-state index in [0.29, 0.717) is 0 Å². The molecule has 0 amide bonds. The van der Waals surface area contributed by atoms with Crippen molar-refractivity contribution in [1.29, 1.82) is 0 Å². The van der Waals surface area contributed by atoms with Gasteiger partial charge in [-0.3, -0.25) is 0 Å². The van der Waals surface area contributed by atoms with Crippen molar-refractivity contribution in [2.24, 2.45) is 0 Å². The summed E-state index contributed by atoms with van der Waals surface area (Å²) in [6, 6.07) is 20.3. The minimum atomic E-state index is -0.0569. The SMILES string of the molecule is [B]1OC(c2ccccc2)C(c2ccccc2)O1. The van der Waals surface area contributed by atoms with Crippen LogP contribution in [0.4, 0.5) is 0 Å². The third-order valence-electron chi connectivity index (χ3n) is 2.94. The summed E-state index contributed by atoms with van der Waals surface area (Å²) < 4.78 is 11.1. The van der Waals surface area contributed by atoms with Crippen molar-refractivity contribution in [2.75, 3.05) is 0 Å². The van der Waals surface area contributed by atoms with E-state index < -0.39 is 0 Å². The molecule has 2 nitrogen and oxygen atoms in total. The van der Waals surface area contributed by atoms with Gasteiger partial charge in [-0.1, -0.05) is 60.7 Å². The van der Waals surface area contributed by atoms with Gasteiger partial charge in [-0.15, -0.1) is 0 Å². The summed E-state index contributed by atoms with van der Waals surface area (Å²) in [5.74, 6) is 0. The third kappa shape index (κ3) is 2.12. The number of hydrogen-bond donors (Lipinski definition) is 0. The lowest BCUT2D eigenvalue weighted by Crippen LogP contribution is -2.06. The average molecular weight is 223 g/mol. The van der Waals surface area contributed by atoms with E-state index in [0.717, 1.165) is 11.1 Å². The summed E-state index contributed by atoms with van der Waals surface area (Å²) >= 11 is 0. The number of rotatable bonds is 2. The maximum absolute atomic E-state index is 5.56. The molecule has 1 heterocycles. The first kappa shape index (κ1) is 10.6. The molecule has 0 saturated carbocycles. The summed E-state index contributed by atoms with van der Waals surface area (Å²) in [7, 11) is 1.44. The van der Waals surface area contributed by atoms with Gasteiger partial charge in [0.05, 0.1) is 12.2 Å². The fraction of sp³-hybridized carbons (Fsp3) is 0.143. The van der Waals surface area contributed by atoms with E-state index in [1.165, 1.54) is 7.69 Å². The Morgan fingerprint density at radius 3 is 1.47 bits per heavy atom. The summed E-state index contributed by atoms with van der Waals surface area (Å²) in [4.78, 5) is 0. The van der Waals surface area contributed by atoms with Crippen LogP contribution in [0.1, 0.15) is 23.3 Å². The molecule has 1 radical (unpaired) electrons. The predicted molar refractivity (Wildman–Crippen MR) is 66.3 cm³/mol. The highest BCUT2D eigenvalue weighted by Gasteiger charge is 2.32. The molecule has 1 aliphatic rings. The van der Waals surface area contributed by atoms with E-state index >= 15 is 0 Å². The van der Waals surface area contributed by atoms with Gasteiger partial charge in [-0.2, -0.15) is 0 Å². The first-order valence-electron chi connectivity index (χ1n) is 5.67. The first-order valence-corrected chi connectivity index (χ1v) is 5.67.